The SMILES string of the molecule is COC(=O)CCCN(C)C(=O)CN1CCCCCC1=O. The molecule has 6 heteroatoms. The normalized spacial score (nSPS) is 15.7. The Bertz CT molecular complexity index is 357. The monoisotopic (exact) mass is 284 g/mol. The van der Waals surface area contributed by atoms with Crippen molar-refractivity contribution in [2.45, 2.75) is 38.5 Å². The number of methoxy groups -OCH3 is 1. The van der Waals surface area contributed by atoms with E-state index in [4.69, 9.17) is 0 Å². The molecule has 0 atom stereocenters. The van der Waals surface area contributed by atoms with Crippen LogP contribution < -0.4 is 0 Å². The maximum atomic E-state index is 12.0. The Morgan fingerprint density at radius 3 is 2.75 bits per heavy atom. The third kappa shape index (κ3) is 5.59. The molecule has 1 heterocycles. The van der Waals surface area contributed by atoms with Gasteiger partial charge in [0.05, 0.1) is 13.7 Å². The maximum absolute atomic E-state index is 12.0. The van der Waals surface area contributed by atoms with Crippen LogP contribution in [0.2, 0.25) is 0 Å². The number of carbonyl (C=O) groups excluding carboxylic acids is 3. The zero-order valence-corrected chi connectivity index (χ0v) is 12.4. The van der Waals surface area contributed by atoms with Crippen molar-refractivity contribution in [3.05, 3.63) is 0 Å². The summed E-state index contributed by atoms with van der Waals surface area (Å²) in [6.45, 7) is 1.31. The first-order chi connectivity index (χ1) is 9.54. The van der Waals surface area contributed by atoms with E-state index in [1.807, 2.05) is 0 Å². The van der Waals surface area contributed by atoms with E-state index < -0.39 is 0 Å². The molecule has 0 aromatic heterocycles. The van der Waals surface area contributed by atoms with Gasteiger partial charge < -0.3 is 14.5 Å². The van der Waals surface area contributed by atoms with Crippen LogP contribution in [0, 0.1) is 0 Å². The Morgan fingerprint density at radius 1 is 1.30 bits per heavy atom. The molecular weight excluding hydrogens is 260 g/mol. The Morgan fingerprint density at radius 2 is 2.05 bits per heavy atom. The molecule has 114 valence electrons. The fourth-order valence-electron chi connectivity index (χ4n) is 2.18. The third-order valence-corrected chi connectivity index (χ3v) is 3.53. The van der Waals surface area contributed by atoms with Crippen LogP contribution in [0.25, 0.3) is 0 Å². The quantitative estimate of drug-likeness (QED) is 0.677. The van der Waals surface area contributed by atoms with Crippen molar-refractivity contribution in [2.24, 2.45) is 0 Å². The summed E-state index contributed by atoms with van der Waals surface area (Å²) in [5, 5.41) is 0. The lowest BCUT2D eigenvalue weighted by Crippen LogP contribution is -2.41. The Balaban J connectivity index is 2.33. The van der Waals surface area contributed by atoms with Crippen LogP contribution >= 0.6 is 0 Å². The third-order valence-electron chi connectivity index (χ3n) is 3.53. The Kier molecular flexibility index (Phi) is 7.04. The minimum Gasteiger partial charge on any atom is -0.469 e. The molecule has 0 spiro atoms. The van der Waals surface area contributed by atoms with Crippen LogP contribution in [0.3, 0.4) is 0 Å². The van der Waals surface area contributed by atoms with Crippen LogP contribution in [0.1, 0.15) is 38.5 Å². The number of ether oxygens (including phenoxy) is 1. The molecule has 0 radical (unpaired) electrons. The minimum absolute atomic E-state index is 0.0683. The van der Waals surface area contributed by atoms with E-state index in [-0.39, 0.29) is 24.3 Å². The zero-order valence-electron chi connectivity index (χ0n) is 12.4. The maximum Gasteiger partial charge on any atom is 0.305 e. The van der Waals surface area contributed by atoms with Crippen LogP contribution in [-0.2, 0) is 19.1 Å². The number of rotatable bonds is 6. The number of amides is 2. The highest BCUT2D eigenvalue weighted by molar-refractivity contribution is 5.84. The number of hydrogen-bond donors (Lipinski definition) is 0. The van der Waals surface area contributed by atoms with E-state index in [1.54, 1.807) is 16.8 Å². The molecule has 6 nitrogen and oxygen atoms in total. The first-order valence-electron chi connectivity index (χ1n) is 7.13. The summed E-state index contributed by atoms with van der Waals surface area (Å²) in [7, 11) is 3.05. The highest BCUT2D eigenvalue weighted by atomic mass is 16.5. The van der Waals surface area contributed by atoms with E-state index >= 15 is 0 Å². The Hall–Kier alpha value is -1.59. The van der Waals surface area contributed by atoms with Gasteiger partial charge in [0.1, 0.15) is 0 Å². The number of carbonyl (C=O) groups is 3. The van der Waals surface area contributed by atoms with Gasteiger partial charge in [-0.25, -0.2) is 0 Å². The van der Waals surface area contributed by atoms with Gasteiger partial charge in [0.2, 0.25) is 11.8 Å². The van der Waals surface area contributed by atoms with Gasteiger partial charge >= 0.3 is 5.97 Å². The molecule has 0 aromatic rings. The summed E-state index contributed by atoms with van der Waals surface area (Å²) in [5.74, 6) is -0.280. The lowest BCUT2D eigenvalue weighted by Gasteiger charge is -2.24. The number of esters is 1. The van der Waals surface area contributed by atoms with Crippen LogP contribution in [0.4, 0.5) is 0 Å². The van der Waals surface area contributed by atoms with Crippen LogP contribution in [0.5, 0.6) is 0 Å². The summed E-state index contributed by atoms with van der Waals surface area (Å²) >= 11 is 0. The standard InChI is InChI=1S/C14H24N2O4/c1-15(9-6-8-14(19)20-2)13(18)11-16-10-5-3-4-7-12(16)17/h3-11H2,1-2H3. The summed E-state index contributed by atoms with van der Waals surface area (Å²) in [5.41, 5.74) is 0. The highest BCUT2D eigenvalue weighted by Gasteiger charge is 2.20. The molecule has 1 fully saturated rings. The van der Waals surface area contributed by atoms with Gasteiger partial charge in [0.15, 0.2) is 0 Å². The summed E-state index contributed by atoms with van der Waals surface area (Å²) < 4.78 is 4.55. The number of nitrogens with zero attached hydrogens (tertiary/aromatic N) is 2. The van der Waals surface area contributed by atoms with E-state index in [2.05, 4.69) is 4.74 Å². The average Bonchev–Trinajstić information content (AvgIpc) is 2.63. The lowest BCUT2D eigenvalue weighted by molar-refractivity contribution is -0.141. The van der Waals surface area contributed by atoms with Crippen LogP contribution in [-0.4, -0.2) is 61.4 Å². The molecule has 0 bridgehead atoms. The van der Waals surface area contributed by atoms with Crippen molar-refractivity contribution < 1.29 is 19.1 Å². The molecule has 0 aliphatic carbocycles. The minimum atomic E-state index is -0.270. The largest absolute Gasteiger partial charge is 0.469 e. The molecule has 20 heavy (non-hydrogen) atoms. The predicted octanol–water partition coefficient (Wildman–Crippen LogP) is 0.801. The zero-order chi connectivity index (χ0) is 15.0. The summed E-state index contributed by atoms with van der Waals surface area (Å²) in [6.07, 6.45) is 4.34. The van der Waals surface area contributed by atoms with Gasteiger partial charge in [-0.15, -0.1) is 0 Å². The summed E-state index contributed by atoms with van der Waals surface area (Å²) in [6, 6.07) is 0. The molecule has 0 unspecified atom stereocenters. The van der Waals surface area contributed by atoms with E-state index in [0.717, 1.165) is 19.3 Å². The van der Waals surface area contributed by atoms with E-state index in [1.165, 1.54) is 7.11 Å². The second-order valence-corrected chi connectivity index (χ2v) is 5.12. The molecular formula is C14H24N2O4. The average molecular weight is 284 g/mol. The number of likely N-dealkylation sites (tertiary alicyclic amines) is 1. The molecule has 0 N–H and O–H groups in total. The first-order valence-corrected chi connectivity index (χ1v) is 7.13. The van der Waals surface area contributed by atoms with Crippen molar-refractivity contribution in [3.8, 4) is 0 Å². The molecule has 1 aliphatic heterocycles. The van der Waals surface area contributed by atoms with Gasteiger partial charge in [-0.2, -0.15) is 0 Å². The van der Waals surface area contributed by atoms with Crippen molar-refractivity contribution in [2.75, 3.05) is 33.8 Å². The first kappa shape index (κ1) is 16.5. The molecule has 1 aliphatic rings. The smallest absolute Gasteiger partial charge is 0.305 e. The van der Waals surface area contributed by atoms with Crippen molar-refractivity contribution in [3.63, 3.8) is 0 Å². The number of likely N-dealkylation sites (N-methyl/N-ethyl adjacent to an activating group) is 1. The van der Waals surface area contributed by atoms with E-state index in [0.29, 0.717) is 32.4 Å². The molecule has 0 saturated carbocycles. The fourth-order valence-corrected chi connectivity index (χ4v) is 2.18. The second-order valence-electron chi connectivity index (χ2n) is 5.12. The second kappa shape index (κ2) is 8.55. The summed E-state index contributed by atoms with van der Waals surface area (Å²) in [4.78, 5) is 38.0. The molecule has 1 rings (SSSR count). The molecule has 2 amide bonds. The number of hydrogen-bond acceptors (Lipinski definition) is 4. The van der Waals surface area contributed by atoms with E-state index in [9.17, 15) is 14.4 Å². The van der Waals surface area contributed by atoms with Gasteiger partial charge in [0, 0.05) is 33.0 Å². The van der Waals surface area contributed by atoms with Crippen LogP contribution in [0.15, 0.2) is 0 Å². The lowest BCUT2D eigenvalue weighted by atomic mass is 10.2. The van der Waals surface area contributed by atoms with Gasteiger partial charge in [0.25, 0.3) is 0 Å². The predicted molar refractivity (Wildman–Crippen MR) is 73.9 cm³/mol. The van der Waals surface area contributed by atoms with Gasteiger partial charge in [-0.3, -0.25) is 14.4 Å². The van der Waals surface area contributed by atoms with Crippen molar-refractivity contribution >= 4 is 17.8 Å². The fraction of sp³-hybridized carbons (Fsp3) is 0.786. The topological polar surface area (TPSA) is 66.9 Å². The van der Waals surface area contributed by atoms with Gasteiger partial charge in [-0.05, 0) is 19.3 Å². The molecule has 1 saturated heterocycles. The Labute approximate surface area is 120 Å². The van der Waals surface area contributed by atoms with Crippen molar-refractivity contribution in [1.29, 1.82) is 0 Å². The van der Waals surface area contributed by atoms with Gasteiger partial charge in [-0.1, -0.05) is 6.42 Å². The highest BCUT2D eigenvalue weighted by Crippen LogP contribution is 2.11. The molecule has 0 aromatic carbocycles. The van der Waals surface area contributed by atoms with Crippen molar-refractivity contribution in [1.82, 2.24) is 9.80 Å².